The Labute approximate surface area is 192 Å². The van der Waals surface area contributed by atoms with E-state index in [4.69, 9.17) is 4.74 Å². The second-order valence-corrected chi connectivity index (χ2v) is 10.8. The summed E-state index contributed by atoms with van der Waals surface area (Å²) in [5, 5.41) is 11.1. The molecule has 32 heavy (non-hydrogen) atoms. The predicted molar refractivity (Wildman–Crippen MR) is 125 cm³/mol. The highest BCUT2D eigenvalue weighted by atomic mass is 32.2. The van der Waals surface area contributed by atoms with Crippen molar-refractivity contribution in [2.45, 2.75) is 17.9 Å². The van der Waals surface area contributed by atoms with Crippen molar-refractivity contribution in [3.05, 3.63) is 57.4 Å². The summed E-state index contributed by atoms with van der Waals surface area (Å²) in [6.45, 7) is 0.565. The molecule has 0 atom stereocenters. The van der Waals surface area contributed by atoms with Crippen molar-refractivity contribution in [1.82, 2.24) is 4.57 Å². The van der Waals surface area contributed by atoms with Gasteiger partial charge in [-0.3, -0.25) is 14.9 Å². The van der Waals surface area contributed by atoms with Crippen LogP contribution in [-0.2, 0) is 21.2 Å². The summed E-state index contributed by atoms with van der Waals surface area (Å²) in [4.78, 5) is 27.7. The molecule has 1 amide bonds. The van der Waals surface area contributed by atoms with E-state index in [1.54, 1.807) is 30.0 Å². The Bertz CT molecular complexity index is 1310. The number of methoxy groups -OCH3 is 1. The van der Waals surface area contributed by atoms with Crippen molar-refractivity contribution in [1.29, 1.82) is 0 Å². The highest BCUT2D eigenvalue weighted by Gasteiger charge is 2.17. The van der Waals surface area contributed by atoms with E-state index >= 15 is 0 Å². The van der Waals surface area contributed by atoms with Crippen LogP contribution in [0.3, 0.4) is 0 Å². The number of sulfone groups is 1. The molecule has 3 aromatic rings. The number of thioether (sulfide) groups is 1. The molecular weight excluding hydrogens is 474 g/mol. The standard InChI is InChI=1S/C20H21N3O6S3/c1-29-15-4-6-16(7-5-15)32(27,28)12-9-19(24)21-20-22(10-11-30-2)17-8-3-14(23(25)26)13-18(17)31-20/h3-8,13H,9-12H2,1-2H3. The van der Waals surface area contributed by atoms with E-state index in [9.17, 15) is 23.3 Å². The lowest BCUT2D eigenvalue weighted by molar-refractivity contribution is -0.384. The fraction of sp³-hybridized carbons (Fsp3) is 0.300. The number of nitrogens with zero attached hydrogens (tertiary/aromatic N) is 3. The molecule has 0 saturated carbocycles. The van der Waals surface area contributed by atoms with E-state index in [-0.39, 0.29) is 22.8 Å². The largest absolute Gasteiger partial charge is 0.497 e. The highest BCUT2D eigenvalue weighted by molar-refractivity contribution is 7.98. The van der Waals surface area contributed by atoms with Gasteiger partial charge < -0.3 is 9.30 Å². The van der Waals surface area contributed by atoms with Gasteiger partial charge in [-0.1, -0.05) is 11.3 Å². The van der Waals surface area contributed by atoms with E-state index in [1.807, 2.05) is 10.8 Å². The van der Waals surface area contributed by atoms with Crippen LogP contribution in [-0.4, -0.2) is 48.7 Å². The van der Waals surface area contributed by atoms with Crippen molar-refractivity contribution in [3.63, 3.8) is 0 Å². The molecule has 0 radical (unpaired) electrons. The molecule has 0 fully saturated rings. The van der Waals surface area contributed by atoms with Crippen LogP contribution in [0, 0.1) is 10.1 Å². The Morgan fingerprint density at radius 2 is 1.97 bits per heavy atom. The van der Waals surface area contributed by atoms with Gasteiger partial charge in [0.15, 0.2) is 14.6 Å². The number of amides is 1. The quantitative estimate of drug-likeness (QED) is 0.330. The summed E-state index contributed by atoms with van der Waals surface area (Å²) in [6, 6.07) is 10.5. The number of hydrogen-bond donors (Lipinski definition) is 0. The fourth-order valence-electron chi connectivity index (χ4n) is 2.94. The maximum absolute atomic E-state index is 12.5. The topological polar surface area (TPSA) is 121 Å². The van der Waals surface area contributed by atoms with E-state index in [0.717, 1.165) is 11.3 Å². The number of thiazole rings is 1. The van der Waals surface area contributed by atoms with Crippen molar-refractivity contribution in [2.75, 3.05) is 24.9 Å². The van der Waals surface area contributed by atoms with Crippen LogP contribution in [0.5, 0.6) is 5.75 Å². The van der Waals surface area contributed by atoms with Crippen LogP contribution in [0.15, 0.2) is 52.4 Å². The molecule has 0 saturated heterocycles. The Hall–Kier alpha value is -2.70. The van der Waals surface area contributed by atoms with Gasteiger partial charge in [0.25, 0.3) is 5.69 Å². The van der Waals surface area contributed by atoms with Gasteiger partial charge >= 0.3 is 0 Å². The van der Waals surface area contributed by atoms with Crippen molar-refractivity contribution < 1.29 is 22.9 Å². The Kier molecular flexibility index (Phi) is 7.69. The average Bonchev–Trinajstić information content (AvgIpc) is 3.12. The molecule has 0 aliphatic rings. The number of nitro groups is 1. The molecule has 0 aliphatic carbocycles. The predicted octanol–water partition coefficient (Wildman–Crippen LogP) is 3.27. The van der Waals surface area contributed by atoms with Gasteiger partial charge in [0.2, 0.25) is 5.91 Å². The first kappa shape index (κ1) is 24.0. The smallest absolute Gasteiger partial charge is 0.270 e. The van der Waals surface area contributed by atoms with Crippen LogP contribution in [0.4, 0.5) is 5.69 Å². The summed E-state index contributed by atoms with van der Waals surface area (Å²) in [7, 11) is -2.17. The minimum absolute atomic E-state index is 0.0424. The first-order valence-corrected chi connectivity index (χ1v) is 13.3. The maximum Gasteiger partial charge on any atom is 0.270 e. The molecule has 12 heteroatoms. The molecule has 3 rings (SSSR count). The fourth-order valence-corrected chi connectivity index (χ4v) is 5.65. The van der Waals surface area contributed by atoms with Crippen LogP contribution in [0.25, 0.3) is 10.2 Å². The third-order valence-electron chi connectivity index (χ3n) is 4.62. The molecule has 2 aromatic carbocycles. The third-order valence-corrected chi connectivity index (χ3v) is 7.98. The molecule has 9 nitrogen and oxygen atoms in total. The number of aromatic nitrogens is 1. The van der Waals surface area contributed by atoms with Crippen LogP contribution in [0.2, 0.25) is 0 Å². The lowest BCUT2D eigenvalue weighted by atomic mass is 10.3. The first-order chi connectivity index (χ1) is 15.2. The number of benzene rings is 2. The molecule has 1 aromatic heterocycles. The van der Waals surface area contributed by atoms with Crippen molar-refractivity contribution in [3.8, 4) is 5.75 Å². The number of rotatable bonds is 9. The molecule has 170 valence electrons. The summed E-state index contributed by atoms with van der Waals surface area (Å²) in [6.07, 6.45) is 1.68. The van der Waals surface area contributed by atoms with E-state index in [1.165, 1.54) is 42.7 Å². The van der Waals surface area contributed by atoms with Crippen LogP contribution < -0.4 is 9.54 Å². The zero-order valence-electron chi connectivity index (χ0n) is 17.4. The number of ether oxygens (including phenoxy) is 1. The van der Waals surface area contributed by atoms with E-state index in [0.29, 0.717) is 21.8 Å². The lowest BCUT2D eigenvalue weighted by Gasteiger charge is -2.05. The minimum atomic E-state index is -3.65. The second-order valence-electron chi connectivity index (χ2n) is 6.69. The number of carbonyl (C=O) groups is 1. The normalized spacial score (nSPS) is 12.2. The van der Waals surface area contributed by atoms with E-state index < -0.39 is 20.7 Å². The zero-order chi connectivity index (χ0) is 23.3. The van der Waals surface area contributed by atoms with Crippen LogP contribution in [0.1, 0.15) is 6.42 Å². The van der Waals surface area contributed by atoms with Gasteiger partial charge in [0, 0.05) is 30.9 Å². The minimum Gasteiger partial charge on any atom is -0.497 e. The number of non-ortho nitro benzene ring substituents is 1. The zero-order valence-corrected chi connectivity index (χ0v) is 19.8. The molecule has 1 heterocycles. The number of hydrogen-bond acceptors (Lipinski definition) is 8. The van der Waals surface area contributed by atoms with Gasteiger partial charge in [0.1, 0.15) is 5.75 Å². The first-order valence-electron chi connectivity index (χ1n) is 9.46. The van der Waals surface area contributed by atoms with Gasteiger partial charge in [0.05, 0.1) is 32.9 Å². The van der Waals surface area contributed by atoms with E-state index in [2.05, 4.69) is 4.99 Å². The number of fused-ring (bicyclic) bond motifs is 1. The molecule has 0 bridgehead atoms. The SMILES string of the molecule is COc1ccc(S(=O)(=O)CCC(=O)N=c2sc3cc([N+](=O)[O-])ccc3n2CCSC)cc1. The summed E-state index contributed by atoms with van der Waals surface area (Å²) < 4.78 is 32.6. The summed E-state index contributed by atoms with van der Waals surface area (Å²) >= 11 is 2.79. The Morgan fingerprint density at radius 1 is 1.25 bits per heavy atom. The van der Waals surface area contributed by atoms with Crippen LogP contribution >= 0.6 is 23.1 Å². The van der Waals surface area contributed by atoms with Gasteiger partial charge in [-0.05, 0) is 36.6 Å². The van der Waals surface area contributed by atoms with Gasteiger partial charge in [-0.2, -0.15) is 16.8 Å². The molecule has 0 aliphatic heterocycles. The molecular formula is C20H21N3O6S3. The highest BCUT2D eigenvalue weighted by Crippen LogP contribution is 2.23. The lowest BCUT2D eigenvalue weighted by Crippen LogP contribution is -2.19. The monoisotopic (exact) mass is 495 g/mol. The molecule has 0 unspecified atom stereocenters. The van der Waals surface area contributed by atoms with Crippen molar-refractivity contribution in [2.24, 2.45) is 4.99 Å². The average molecular weight is 496 g/mol. The van der Waals surface area contributed by atoms with Crippen molar-refractivity contribution >= 4 is 54.7 Å². The Balaban J connectivity index is 1.86. The summed E-state index contributed by atoms with van der Waals surface area (Å²) in [5.74, 6) is 0.356. The molecule has 0 N–H and O–H groups in total. The van der Waals surface area contributed by atoms with Gasteiger partial charge in [-0.15, -0.1) is 0 Å². The second kappa shape index (κ2) is 10.3. The molecule has 0 spiro atoms. The Morgan fingerprint density at radius 3 is 2.59 bits per heavy atom. The number of carbonyl (C=O) groups excluding carboxylic acids is 1. The number of aryl methyl sites for hydroxylation is 1. The third kappa shape index (κ3) is 5.56. The number of nitro benzene ring substituents is 1. The maximum atomic E-state index is 12.5. The van der Waals surface area contributed by atoms with Gasteiger partial charge in [-0.25, -0.2) is 8.42 Å². The summed E-state index contributed by atoms with van der Waals surface area (Å²) in [5.41, 5.74) is 0.700.